The summed E-state index contributed by atoms with van der Waals surface area (Å²) in [6.45, 7) is 0. The van der Waals surface area contributed by atoms with Crippen molar-refractivity contribution >= 4 is 29.0 Å². The van der Waals surface area contributed by atoms with Crippen molar-refractivity contribution in [2.75, 3.05) is 12.8 Å². The first-order valence-corrected chi connectivity index (χ1v) is 5.62. The van der Waals surface area contributed by atoms with Crippen LogP contribution < -0.4 is 10.5 Å². The second-order valence-electron chi connectivity index (χ2n) is 3.41. The SMILES string of the molecule is COc1c(Cl)ccc(-c2n[nH]c(N)c2C#N)c1Cl. The Morgan fingerprint density at radius 3 is 2.78 bits per heavy atom. The molecule has 0 fully saturated rings. The van der Waals surface area contributed by atoms with E-state index >= 15 is 0 Å². The van der Waals surface area contributed by atoms with Gasteiger partial charge in [-0.15, -0.1) is 0 Å². The Morgan fingerprint density at radius 2 is 2.17 bits per heavy atom. The molecule has 7 heteroatoms. The number of rotatable bonds is 2. The molecule has 0 aliphatic rings. The zero-order valence-corrected chi connectivity index (χ0v) is 10.8. The van der Waals surface area contributed by atoms with E-state index in [0.29, 0.717) is 22.0 Å². The molecule has 0 aliphatic carbocycles. The van der Waals surface area contributed by atoms with Gasteiger partial charge >= 0.3 is 0 Å². The molecule has 0 spiro atoms. The molecule has 92 valence electrons. The number of nitriles is 1. The van der Waals surface area contributed by atoms with Crippen molar-refractivity contribution in [1.29, 1.82) is 5.26 Å². The molecule has 0 saturated heterocycles. The van der Waals surface area contributed by atoms with E-state index in [4.69, 9.17) is 38.9 Å². The Hall–Kier alpha value is -1.90. The lowest BCUT2D eigenvalue weighted by Gasteiger charge is -2.08. The monoisotopic (exact) mass is 282 g/mol. The molecule has 0 atom stereocenters. The van der Waals surface area contributed by atoms with E-state index in [1.807, 2.05) is 6.07 Å². The standard InChI is InChI=1S/C11H8Cl2N4O/c1-18-10-7(12)3-2-5(8(10)13)9-6(4-14)11(15)17-16-9/h2-3H,1H3,(H3,15,16,17). The zero-order chi connectivity index (χ0) is 13.3. The number of hydrogen-bond donors (Lipinski definition) is 2. The minimum atomic E-state index is 0.192. The van der Waals surface area contributed by atoms with Crippen LogP contribution in [0.5, 0.6) is 5.75 Å². The minimum Gasteiger partial charge on any atom is -0.494 e. The van der Waals surface area contributed by atoms with Gasteiger partial charge in [0.15, 0.2) is 5.75 Å². The molecule has 1 heterocycles. The average molecular weight is 283 g/mol. The molecule has 2 rings (SSSR count). The van der Waals surface area contributed by atoms with Crippen LogP contribution in [-0.2, 0) is 0 Å². The van der Waals surface area contributed by atoms with Gasteiger partial charge in [-0.05, 0) is 12.1 Å². The summed E-state index contributed by atoms with van der Waals surface area (Å²) in [7, 11) is 1.46. The number of hydrogen-bond acceptors (Lipinski definition) is 4. The largest absolute Gasteiger partial charge is 0.494 e. The normalized spacial score (nSPS) is 10.1. The molecule has 2 aromatic rings. The van der Waals surface area contributed by atoms with Crippen molar-refractivity contribution in [3.05, 3.63) is 27.7 Å². The first-order chi connectivity index (χ1) is 8.60. The van der Waals surface area contributed by atoms with E-state index in [-0.39, 0.29) is 16.4 Å². The summed E-state index contributed by atoms with van der Waals surface area (Å²) in [6.07, 6.45) is 0. The summed E-state index contributed by atoms with van der Waals surface area (Å²) in [5.74, 6) is 0.527. The number of halogens is 2. The van der Waals surface area contributed by atoms with Gasteiger partial charge in [0.2, 0.25) is 0 Å². The number of benzene rings is 1. The van der Waals surface area contributed by atoms with Gasteiger partial charge in [-0.1, -0.05) is 23.2 Å². The molecule has 0 radical (unpaired) electrons. The fraction of sp³-hybridized carbons (Fsp3) is 0.0909. The number of H-pyrrole nitrogens is 1. The third kappa shape index (κ3) is 1.86. The van der Waals surface area contributed by atoms with Crippen LogP contribution in [0.1, 0.15) is 5.56 Å². The fourth-order valence-corrected chi connectivity index (χ4v) is 2.18. The van der Waals surface area contributed by atoms with Gasteiger partial charge in [0, 0.05) is 5.56 Å². The lowest BCUT2D eigenvalue weighted by molar-refractivity contribution is 0.415. The third-order valence-corrected chi connectivity index (χ3v) is 3.09. The van der Waals surface area contributed by atoms with Crippen LogP contribution in [0.3, 0.4) is 0 Å². The van der Waals surface area contributed by atoms with Gasteiger partial charge in [0.25, 0.3) is 0 Å². The maximum absolute atomic E-state index is 9.03. The molecule has 18 heavy (non-hydrogen) atoms. The lowest BCUT2D eigenvalue weighted by Crippen LogP contribution is -1.91. The van der Waals surface area contributed by atoms with E-state index in [2.05, 4.69) is 10.2 Å². The van der Waals surface area contributed by atoms with Crippen LogP contribution in [0.4, 0.5) is 5.82 Å². The first kappa shape index (κ1) is 12.6. The second kappa shape index (κ2) is 4.77. The van der Waals surface area contributed by atoms with Gasteiger partial charge in [-0.3, -0.25) is 5.10 Å². The Bertz CT molecular complexity index is 645. The third-order valence-electron chi connectivity index (χ3n) is 2.41. The van der Waals surface area contributed by atoms with Gasteiger partial charge in [-0.25, -0.2) is 0 Å². The van der Waals surface area contributed by atoms with Crippen molar-refractivity contribution in [3.63, 3.8) is 0 Å². The number of nitrogens with two attached hydrogens (primary N) is 1. The number of nitrogens with zero attached hydrogens (tertiary/aromatic N) is 2. The average Bonchev–Trinajstić information content (AvgIpc) is 2.71. The second-order valence-corrected chi connectivity index (χ2v) is 4.20. The fourth-order valence-electron chi connectivity index (χ4n) is 1.57. The summed E-state index contributed by atoms with van der Waals surface area (Å²) >= 11 is 12.1. The van der Waals surface area contributed by atoms with E-state index in [1.54, 1.807) is 12.1 Å². The van der Waals surface area contributed by atoms with Gasteiger partial charge in [-0.2, -0.15) is 10.4 Å². The molecule has 0 unspecified atom stereocenters. The van der Waals surface area contributed by atoms with Gasteiger partial charge < -0.3 is 10.5 Å². The predicted molar refractivity (Wildman–Crippen MR) is 69.7 cm³/mol. The summed E-state index contributed by atoms with van der Waals surface area (Å²) in [6, 6.07) is 5.25. The maximum Gasteiger partial charge on any atom is 0.156 e. The van der Waals surface area contributed by atoms with Crippen molar-refractivity contribution in [2.45, 2.75) is 0 Å². The molecule has 0 amide bonds. The number of aromatic amines is 1. The summed E-state index contributed by atoms with van der Waals surface area (Å²) in [4.78, 5) is 0. The van der Waals surface area contributed by atoms with Crippen LogP contribution in [0.25, 0.3) is 11.3 Å². The zero-order valence-electron chi connectivity index (χ0n) is 9.29. The topological polar surface area (TPSA) is 87.7 Å². The smallest absolute Gasteiger partial charge is 0.156 e. The summed E-state index contributed by atoms with van der Waals surface area (Å²) < 4.78 is 5.10. The highest BCUT2D eigenvalue weighted by Crippen LogP contribution is 2.40. The first-order valence-electron chi connectivity index (χ1n) is 4.86. The molecular weight excluding hydrogens is 275 g/mol. The van der Waals surface area contributed by atoms with E-state index in [0.717, 1.165) is 0 Å². The highest BCUT2D eigenvalue weighted by atomic mass is 35.5. The lowest BCUT2D eigenvalue weighted by atomic mass is 10.1. The summed E-state index contributed by atoms with van der Waals surface area (Å²) in [5, 5.41) is 16.2. The molecule has 0 aliphatic heterocycles. The molecule has 0 saturated carbocycles. The van der Waals surface area contributed by atoms with Crippen LogP contribution >= 0.6 is 23.2 Å². The molecule has 0 bridgehead atoms. The van der Waals surface area contributed by atoms with Crippen molar-refractivity contribution in [1.82, 2.24) is 10.2 Å². The minimum absolute atomic E-state index is 0.192. The van der Waals surface area contributed by atoms with Crippen molar-refractivity contribution < 1.29 is 4.74 Å². The van der Waals surface area contributed by atoms with Crippen LogP contribution in [0, 0.1) is 11.3 Å². The number of nitrogen functional groups attached to an aromatic ring is 1. The predicted octanol–water partition coefficient (Wildman–Crippen LogP) is 2.85. The van der Waals surface area contributed by atoms with E-state index < -0.39 is 0 Å². The Balaban J connectivity index is 2.69. The van der Waals surface area contributed by atoms with Crippen molar-refractivity contribution in [3.8, 4) is 23.1 Å². The Kier molecular flexibility index (Phi) is 3.32. The number of ether oxygens (including phenoxy) is 1. The maximum atomic E-state index is 9.03. The van der Waals surface area contributed by atoms with Gasteiger partial charge in [0.1, 0.15) is 23.1 Å². The number of methoxy groups -OCH3 is 1. The molecule has 3 N–H and O–H groups in total. The van der Waals surface area contributed by atoms with E-state index in [9.17, 15) is 0 Å². The highest BCUT2D eigenvalue weighted by Gasteiger charge is 2.19. The molecule has 5 nitrogen and oxygen atoms in total. The van der Waals surface area contributed by atoms with E-state index in [1.165, 1.54) is 7.11 Å². The number of aromatic nitrogens is 2. The Morgan fingerprint density at radius 1 is 1.44 bits per heavy atom. The van der Waals surface area contributed by atoms with Gasteiger partial charge in [0.05, 0.1) is 17.2 Å². The van der Waals surface area contributed by atoms with Crippen molar-refractivity contribution in [2.24, 2.45) is 0 Å². The summed E-state index contributed by atoms with van der Waals surface area (Å²) in [5.41, 5.74) is 6.74. The van der Waals surface area contributed by atoms with Crippen LogP contribution in [0.2, 0.25) is 10.0 Å². The van der Waals surface area contributed by atoms with Crippen LogP contribution in [-0.4, -0.2) is 17.3 Å². The molecule has 1 aromatic carbocycles. The highest BCUT2D eigenvalue weighted by molar-refractivity contribution is 6.39. The number of nitrogens with one attached hydrogen (secondary N) is 1. The quantitative estimate of drug-likeness (QED) is 0.887. The molecular formula is C11H8Cl2N4O. The Labute approximate surface area is 113 Å². The van der Waals surface area contributed by atoms with Crippen LogP contribution in [0.15, 0.2) is 12.1 Å². The molecule has 1 aromatic heterocycles. The number of anilines is 1.